The summed E-state index contributed by atoms with van der Waals surface area (Å²) in [5, 5.41) is 1.33. The molecule has 1 N–H and O–H groups in total. The lowest BCUT2D eigenvalue weighted by molar-refractivity contribution is 0.101. The van der Waals surface area contributed by atoms with Crippen LogP contribution in [0.3, 0.4) is 0 Å². The van der Waals surface area contributed by atoms with Gasteiger partial charge in [-0.1, -0.05) is 11.6 Å². The van der Waals surface area contributed by atoms with Gasteiger partial charge in [-0.05, 0) is 31.2 Å². The topological polar surface area (TPSA) is 49.9 Å². The van der Waals surface area contributed by atoms with E-state index in [2.05, 4.69) is 4.98 Å². The summed E-state index contributed by atoms with van der Waals surface area (Å²) in [5.74, 6) is -0.252. The maximum absolute atomic E-state index is 11.5. The Kier molecular flexibility index (Phi) is 2.32. The molecule has 2 aromatic rings. The third kappa shape index (κ3) is 1.78. The number of rotatable bonds is 1. The zero-order valence-electron chi connectivity index (χ0n) is 8.00. The third-order valence-electron chi connectivity index (χ3n) is 2.19. The molecule has 1 aromatic heterocycles. The van der Waals surface area contributed by atoms with E-state index in [0.717, 1.165) is 5.39 Å². The number of hydrogen-bond acceptors (Lipinski definition) is 2. The fourth-order valence-electron chi connectivity index (χ4n) is 1.44. The summed E-state index contributed by atoms with van der Waals surface area (Å²) in [7, 11) is 0. The SMILES string of the molecule is CC(=O)c1cc2cc(Cl)ccc2[nH]c1=O. The highest BCUT2D eigenvalue weighted by molar-refractivity contribution is 6.31. The molecular formula is C11H8ClNO2. The minimum atomic E-state index is -0.364. The molecule has 1 heterocycles. The van der Waals surface area contributed by atoms with Gasteiger partial charge < -0.3 is 4.98 Å². The third-order valence-corrected chi connectivity index (χ3v) is 2.42. The van der Waals surface area contributed by atoms with Gasteiger partial charge in [-0.15, -0.1) is 0 Å². The number of nitrogens with one attached hydrogen (secondary N) is 1. The van der Waals surface area contributed by atoms with Gasteiger partial charge in [0, 0.05) is 15.9 Å². The van der Waals surface area contributed by atoms with Crippen LogP contribution in [0, 0.1) is 0 Å². The summed E-state index contributed by atoms with van der Waals surface area (Å²) in [4.78, 5) is 25.2. The fraction of sp³-hybridized carbons (Fsp3) is 0.0909. The molecule has 0 atom stereocenters. The molecule has 0 saturated carbocycles. The quantitative estimate of drug-likeness (QED) is 0.752. The first kappa shape index (κ1) is 9.93. The summed E-state index contributed by atoms with van der Waals surface area (Å²) in [6.07, 6.45) is 0. The van der Waals surface area contributed by atoms with Gasteiger partial charge in [-0.25, -0.2) is 0 Å². The number of benzene rings is 1. The minimum Gasteiger partial charge on any atom is -0.321 e. The van der Waals surface area contributed by atoms with E-state index in [4.69, 9.17) is 11.6 Å². The molecule has 0 unspecified atom stereocenters. The number of aromatic nitrogens is 1. The van der Waals surface area contributed by atoms with Crippen LogP contribution >= 0.6 is 11.6 Å². The van der Waals surface area contributed by atoms with Gasteiger partial charge in [0.15, 0.2) is 5.78 Å². The Labute approximate surface area is 90.7 Å². The first-order chi connectivity index (χ1) is 7.08. The lowest BCUT2D eigenvalue weighted by atomic mass is 10.1. The molecule has 15 heavy (non-hydrogen) atoms. The summed E-state index contributed by atoms with van der Waals surface area (Å²) in [6.45, 7) is 1.36. The molecule has 0 saturated heterocycles. The number of carbonyl (C=O) groups is 1. The molecule has 0 spiro atoms. The molecule has 4 heteroatoms. The minimum absolute atomic E-state index is 0.157. The number of pyridine rings is 1. The second-order valence-corrected chi connectivity index (χ2v) is 3.74. The Hall–Kier alpha value is -1.61. The van der Waals surface area contributed by atoms with Crippen molar-refractivity contribution < 1.29 is 4.79 Å². The van der Waals surface area contributed by atoms with E-state index >= 15 is 0 Å². The summed E-state index contributed by atoms with van der Waals surface area (Å²) >= 11 is 5.81. The lowest BCUT2D eigenvalue weighted by Crippen LogP contribution is -2.15. The van der Waals surface area contributed by atoms with Crippen LogP contribution in [0.1, 0.15) is 17.3 Å². The largest absolute Gasteiger partial charge is 0.321 e. The van der Waals surface area contributed by atoms with Crippen molar-refractivity contribution in [3.05, 3.63) is 45.2 Å². The second-order valence-electron chi connectivity index (χ2n) is 3.30. The van der Waals surface area contributed by atoms with Crippen molar-refractivity contribution in [2.24, 2.45) is 0 Å². The zero-order chi connectivity index (χ0) is 11.0. The molecule has 0 bridgehead atoms. The molecule has 76 valence electrons. The number of carbonyl (C=O) groups excluding carboxylic acids is 1. The Bertz CT molecular complexity index is 601. The Morgan fingerprint density at radius 3 is 2.73 bits per heavy atom. The number of fused-ring (bicyclic) bond motifs is 1. The van der Waals surface area contributed by atoms with Crippen molar-refractivity contribution >= 4 is 28.3 Å². The molecule has 0 aliphatic carbocycles. The van der Waals surface area contributed by atoms with E-state index in [1.54, 1.807) is 24.3 Å². The Balaban J connectivity index is 2.83. The van der Waals surface area contributed by atoms with Gasteiger partial charge >= 0.3 is 0 Å². The molecule has 0 amide bonds. The number of H-pyrrole nitrogens is 1. The van der Waals surface area contributed by atoms with E-state index in [0.29, 0.717) is 10.5 Å². The van der Waals surface area contributed by atoms with E-state index < -0.39 is 0 Å². The average Bonchev–Trinajstić information content (AvgIpc) is 2.17. The number of hydrogen-bond donors (Lipinski definition) is 1. The molecule has 0 radical (unpaired) electrons. The highest BCUT2D eigenvalue weighted by Crippen LogP contribution is 2.17. The molecule has 3 nitrogen and oxygen atoms in total. The van der Waals surface area contributed by atoms with Crippen LogP contribution in [-0.4, -0.2) is 10.8 Å². The van der Waals surface area contributed by atoms with Crippen molar-refractivity contribution in [2.45, 2.75) is 6.92 Å². The number of ketones is 1. The monoisotopic (exact) mass is 221 g/mol. The highest BCUT2D eigenvalue weighted by atomic mass is 35.5. The Morgan fingerprint density at radius 2 is 2.07 bits per heavy atom. The predicted octanol–water partition coefficient (Wildman–Crippen LogP) is 2.38. The van der Waals surface area contributed by atoms with Crippen molar-refractivity contribution in [3.8, 4) is 0 Å². The van der Waals surface area contributed by atoms with Gasteiger partial charge in [-0.3, -0.25) is 9.59 Å². The van der Waals surface area contributed by atoms with E-state index in [-0.39, 0.29) is 16.9 Å². The van der Waals surface area contributed by atoms with E-state index in [9.17, 15) is 9.59 Å². The van der Waals surface area contributed by atoms with Crippen LogP contribution in [-0.2, 0) is 0 Å². The van der Waals surface area contributed by atoms with Crippen molar-refractivity contribution in [1.29, 1.82) is 0 Å². The van der Waals surface area contributed by atoms with Crippen LogP contribution < -0.4 is 5.56 Å². The molecule has 1 aromatic carbocycles. The molecule has 0 aliphatic heterocycles. The first-order valence-electron chi connectivity index (χ1n) is 4.41. The average molecular weight is 222 g/mol. The van der Waals surface area contributed by atoms with Gasteiger partial charge in [0.25, 0.3) is 5.56 Å². The maximum atomic E-state index is 11.5. The zero-order valence-corrected chi connectivity index (χ0v) is 8.76. The smallest absolute Gasteiger partial charge is 0.259 e. The van der Waals surface area contributed by atoms with Crippen molar-refractivity contribution in [2.75, 3.05) is 0 Å². The maximum Gasteiger partial charge on any atom is 0.259 e. The standard InChI is InChI=1S/C11H8ClNO2/c1-6(14)9-5-7-4-8(12)2-3-10(7)13-11(9)15/h2-5H,1H3,(H,13,15). The second kappa shape index (κ2) is 3.51. The first-order valence-corrected chi connectivity index (χ1v) is 4.79. The van der Waals surface area contributed by atoms with E-state index in [1.165, 1.54) is 6.92 Å². The van der Waals surface area contributed by atoms with Crippen molar-refractivity contribution in [1.82, 2.24) is 4.98 Å². The van der Waals surface area contributed by atoms with Crippen LogP contribution in [0.5, 0.6) is 0 Å². The fourth-order valence-corrected chi connectivity index (χ4v) is 1.62. The summed E-state index contributed by atoms with van der Waals surface area (Å²) in [5.41, 5.74) is 0.469. The van der Waals surface area contributed by atoms with Gasteiger partial charge in [-0.2, -0.15) is 0 Å². The molecule has 0 fully saturated rings. The lowest BCUT2D eigenvalue weighted by Gasteiger charge is -2.00. The Morgan fingerprint density at radius 1 is 1.33 bits per heavy atom. The highest BCUT2D eigenvalue weighted by Gasteiger charge is 2.06. The normalized spacial score (nSPS) is 10.5. The number of Topliss-reactive ketones (excluding diaryl/α,β-unsaturated/α-hetero) is 1. The van der Waals surface area contributed by atoms with E-state index in [1.807, 2.05) is 0 Å². The molecular weight excluding hydrogens is 214 g/mol. The van der Waals surface area contributed by atoms with Gasteiger partial charge in [0.05, 0.1) is 5.56 Å². The number of aromatic amines is 1. The van der Waals surface area contributed by atoms with Crippen molar-refractivity contribution in [3.63, 3.8) is 0 Å². The predicted molar refractivity (Wildman–Crippen MR) is 59.6 cm³/mol. The molecule has 2 rings (SSSR count). The van der Waals surface area contributed by atoms with Gasteiger partial charge in [0.1, 0.15) is 0 Å². The van der Waals surface area contributed by atoms with Gasteiger partial charge in [0.2, 0.25) is 0 Å². The summed E-state index contributed by atoms with van der Waals surface area (Å²) < 4.78 is 0. The van der Waals surface area contributed by atoms with Crippen LogP contribution in [0.25, 0.3) is 10.9 Å². The number of halogens is 1. The summed E-state index contributed by atoms with van der Waals surface area (Å²) in [6, 6.07) is 6.66. The van der Waals surface area contributed by atoms with Crippen LogP contribution in [0.15, 0.2) is 29.1 Å². The van der Waals surface area contributed by atoms with Crippen LogP contribution in [0.2, 0.25) is 5.02 Å². The van der Waals surface area contributed by atoms with Crippen LogP contribution in [0.4, 0.5) is 0 Å². The molecule has 0 aliphatic rings.